The van der Waals surface area contributed by atoms with E-state index in [1.54, 1.807) is 11.3 Å². The number of nitrogen functional groups attached to an aromatic ring is 1. The maximum Gasteiger partial charge on any atom is 0.155 e. The van der Waals surface area contributed by atoms with Crippen molar-refractivity contribution in [2.45, 2.75) is 38.0 Å². The topological polar surface area (TPSA) is 67.6 Å². The van der Waals surface area contributed by atoms with Crippen LogP contribution >= 0.6 is 11.3 Å². The maximum absolute atomic E-state index is 6.13. The highest BCUT2D eigenvalue weighted by atomic mass is 32.1. The Morgan fingerprint density at radius 1 is 1.14 bits per heavy atom. The molecule has 1 fully saturated rings. The number of anilines is 1. The molecule has 2 aromatic heterocycles. The quantitative estimate of drug-likeness (QED) is 0.740. The smallest absolute Gasteiger partial charge is 0.155 e. The van der Waals surface area contributed by atoms with E-state index >= 15 is 0 Å². The number of nitrogens with one attached hydrogen (secondary N) is 1. The van der Waals surface area contributed by atoms with Crippen LogP contribution in [-0.2, 0) is 0 Å². The summed E-state index contributed by atoms with van der Waals surface area (Å²) in [4.78, 5) is 4.75. The largest absolute Gasteiger partial charge is 0.382 e. The molecule has 0 radical (unpaired) electrons. The molecule has 21 heavy (non-hydrogen) atoms. The lowest BCUT2D eigenvalue weighted by Gasteiger charge is -2.21. The van der Waals surface area contributed by atoms with Gasteiger partial charge in [0.1, 0.15) is 5.01 Å². The molecular weight excluding hydrogens is 280 g/mol. The van der Waals surface area contributed by atoms with Crippen LogP contribution < -0.4 is 5.73 Å². The molecule has 4 rings (SSSR count). The fourth-order valence-electron chi connectivity index (χ4n) is 3.26. The number of fused-ring (bicyclic) bond motifs is 1. The first-order valence-electron chi connectivity index (χ1n) is 7.52. The Bertz CT molecular complexity index is 735. The molecule has 4 nitrogen and oxygen atoms in total. The third kappa shape index (κ3) is 2.21. The van der Waals surface area contributed by atoms with Crippen LogP contribution in [-0.4, -0.2) is 15.2 Å². The zero-order chi connectivity index (χ0) is 14.2. The first-order valence-corrected chi connectivity index (χ1v) is 8.34. The van der Waals surface area contributed by atoms with E-state index in [0.717, 1.165) is 16.1 Å². The predicted molar refractivity (Wildman–Crippen MR) is 87.4 cm³/mol. The zero-order valence-corrected chi connectivity index (χ0v) is 12.6. The molecule has 0 saturated heterocycles. The third-order valence-corrected chi connectivity index (χ3v) is 5.40. The van der Waals surface area contributed by atoms with Crippen molar-refractivity contribution in [1.29, 1.82) is 0 Å². The van der Waals surface area contributed by atoms with Gasteiger partial charge < -0.3 is 5.73 Å². The average molecular weight is 298 g/mol. The van der Waals surface area contributed by atoms with Crippen LogP contribution in [0.2, 0.25) is 0 Å². The minimum atomic E-state index is 0.547. The summed E-state index contributed by atoms with van der Waals surface area (Å²) in [7, 11) is 0. The van der Waals surface area contributed by atoms with Gasteiger partial charge in [-0.3, -0.25) is 5.10 Å². The number of aromatic amines is 1. The average Bonchev–Trinajstić information content (AvgIpc) is 3.11. The molecular formula is C16H18N4S. The molecule has 2 heterocycles. The molecule has 0 aliphatic heterocycles. The monoisotopic (exact) mass is 298 g/mol. The summed E-state index contributed by atoms with van der Waals surface area (Å²) in [6.07, 6.45) is 6.38. The minimum Gasteiger partial charge on any atom is -0.382 e. The highest BCUT2D eigenvalue weighted by Gasteiger charge is 2.25. The van der Waals surface area contributed by atoms with Crippen LogP contribution in [0.3, 0.4) is 0 Å². The Morgan fingerprint density at radius 3 is 2.76 bits per heavy atom. The van der Waals surface area contributed by atoms with Gasteiger partial charge in [-0.1, -0.05) is 31.4 Å². The first-order chi connectivity index (χ1) is 10.3. The second-order valence-corrected chi connectivity index (χ2v) is 6.75. The van der Waals surface area contributed by atoms with E-state index in [1.807, 2.05) is 18.2 Å². The number of hydrogen-bond donors (Lipinski definition) is 2. The fourth-order valence-corrected chi connectivity index (χ4v) is 4.29. The number of nitrogens with zero attached hydrogens (tertiary/aromatic N) is 2. The van der Waals surface area contributed by atoms with Gasteiger partial charge in [-0.15, -0.1) is 11.3 Å². The first kappa shape index (κ1) is 12.8. The van der Waals surface area contributed by atoms with Gasteiger partial charge in [0.2, 0.25) is 0 Å². The Balaban J connectivity index is 1.81. The number of thiazole rings is 1. The molecule has 5 heteroatoms. The second kappa shape index (κ2) is 5.15. The van der Waals surface area contributed by atoms with Crippen molar-refractivity contribution in [3.63, 3.8) is 0 Å². The number of para-hydroxylation sites is 1. The van der Waals surface area contributed by atoms with E-state index in [1.165, 1.54) is 42.5 Å². The third-order valence-electron chi connectivity index (χ3n) is 4.34. The lowest BCUT2D eigenvalue weighted by molar-refractivity contribution is 0.437. The molecule has 1 aromatic carbocycles. The van der Waals surface area contributed by atoms with Gasteiger partial charge in [-0.05, 0) is 25.0 Å². The van der Waals surface area contributed by atoms with E-state index in [2.05, 4.69) is 16.3 Å². The van der Waals surface area contributed by atoms with Gasteiger partial charge in [-0.25, -0.2) is 4.98 Å². The second-order valence-electron chi connectivity index (χ2n) is 5.72. The van der Waals surface area contributed by atoms with Crippen molar-refractivity contribution in [2.75, 3.05) is 5.73 Å². The number of aromatic nitrogens is 3. The Hall–Kier alpha value is -1.88. The van der Waals surface area contributed by atoms with Gasteiger partial charge in [-0.2, -0.15) is 5.10 Å². The Morgan fingerprint density at radius 2 is 1.95 bits per heavy atom. The number of benzene rings is 1. The van der Waals surface area contributed by atoms with Crippen LogP contribution in [0.15, 0.2) is 24.3 Å². The lowest BCUT2D eigenvalue weighted by Crippen LogP contribution is -2.06. The molecule has 3 N–H and O–H groups in total. The van der Waals surface area contributed by atoms with Crippen LogP contribution in [0.25, 0.3) is 20.8 Å². The van der Waals surface area contributed by atoms with Gasteiger partial charge in [0.15, 0.2) is 5.82 Å². The molecule has 0 bridgehead atoms. The van der Waals surface area contributed by atoms with Crippen LogP contribution in [0.1, 0.15) is 43.7 Å². The van der Waals surface area contributed by atoms with Crippen molar-refractivity contribution in [2.24, 2.45) is 0 Å². The summed E-state index contributed by atoms with van der Waals surface area (Å²) < 4.78 is 1.20. The van der Waals surface area contributed by atoms with Crippen molar-refractivity contribution < 1.29 is 0 Å². The SMILES string of the molecule is Nc1n[nH]c(C2CCCCC2)c1-c1nc2ccccc2s1. The van der Waals surface area contributed by atoms with Crippen molar-refractivity contribution in [3.8, 4) is 10.6 Å². The maximum atomic E-state index is 6.13. The summed E-state index contributed by atoms with van der Waals surface area (Å²) in [5.74, 6) is 1.13. The highest BCUT2D eigenvalue weighted by molar-refractivity contribution is 7.21. The van der Waals surface area contributed by atoms with Crippen molar-refractivity contribution >= 4 is 27.4 Å². The molecule has 108 valence electrons. The fraction of sp³-hybridized carbons (Fsp3) is 0.375. The summed E-state index contributed by atoms with van der Waals surface area (Å²) in [6.45, 7) is 0. The minimum absolute atomic E-state index is 0.547. The van der Waals surface area contributed by atoms with E-state index in [-0.39, 0.29) is 0 Å². The molecule has 3 aromatic rings. The van der Waals surface area contributed by atoms with Crippen LogP contribution in [0.5, 0.6) is 0 Å². The summed E-state index contributed by atoms with van der Waals surface area (Å²) >= 11 is 1.70. The van der Waals surface area contributed by atoms with E-state index in [0.29, 0.717) is 11.7 Å². The van der Waals surface area contributed by atoms with E-state index in [9.17, 15) is 0 Å². The predicted octanol–water partition coefficient (Wildman–Crippen LogP) is 4.32. The van der Waals surface area contributed by atoms with Crippen molar-refractivity contribution in [3.05, 3.63) is 30.0 Å². The highest BCUT2D eigenvalue weighted by Crippen LogP contribution is 2.41. The normalized spacial score (nSPS) is 16.6. The molecule has 1 aliphatic carbocycles. The molecule has 0 amide bonds. The summed E-state index contributed by atoms with van der Waals surface area (Å²) in [5.41, 5.74) is 9.38. The molecule has 1 saturated carbocycles. The Labute approximate surface area is 127 Å². The van der Waals surface area contributed by atoms with Crippen LogP contribution in [0.4, 0.5) is 5.82 Å². The van der Waals surface area contributed by atoms with E-state index in [4.69, 9.17) is 10.7 Å². The van der Waals surface area contributed by atoms with Crippen LogP contribution in [0, 0.1) is 0 Å². The lowest BCUT2D eigenvalue weighted by atomic mass is 9.85. The van der Waals surface area contributed by atoms with Gasteiger partial charge in [0, 0.05) is 5.92 Å². The number of H-pyrrole nitrogens is 1. The van der Waals surface area contributed by atoms with Gasteiger partial charge in [0.05, 0.1) is 21.5 Å². The molecule has 0 unspecified atom stereocenters. The zero-order valence-electron chi connectivity index (χ0n) is 11.8. The number of hydrogen-bond acceptors (Lipinski definition) is 4. The molecule has 0 spiro atoms. The number of nitrogens with two attached hydrogens (primary N) is 1. The Kier molecular flexibility index (Phi) is 3.15. The van der Waals surface area contributed by atoms with E-state index < -0.39 is 0 Å². The number of rotatable bonds is 2. The van der Waals surface area contributed by atoms with Crippen molar-refractivity contribution in [1.82, 2.24) is 15.2 Å². The summed E-state index contributed by atoms with van der Waals surface area (Å²) in [5, 5.41) is 8.42. The van der Waals surface area contributed by atoms with Gasteiger partial charge >= 0.3 is 0 Å². The standard InChI is InChI=1S/C16H18N4S/c17-15-13(14(19-20-15)10-6-2-1-3-7-10)16-18-11-8-4-5-9-12(11)21-16/h4-5,8-10H,1-3,6-7H2,(H3,17,19,20). The molecule has 0 atom stereocenters. The summed E-state index contributed by atoms with van der Waals surface area (Å²) in [6, 6.07) is 8.22. The molecule has 1 aliphatic rings. The van der Waals surface area contributed by atoms with Gasteiger partial charge in [0.25, 0.3) is 0 Å².